The minimum Gasteiger partial charge on any atom is -0.496 e. The van der Waals surface area contributed by atoms with Crippen molar-refractivity contribution in [3.8, 4) is 16.3 Å². The number of esters is 1. The van der Waals surface area contributed by atoms with Gasteiger partial charge in [0.1, 0.15) is 40.4 Å². The molecule has 0 bridgehead atoms. The summed E-state index contributed by atoms with van der Waals surface area (Å²) in [7, 11) is 3.16. The van der Waals surface area contributed by atoms with Crippen LogP contribution in [0.5, 0.6) is 5.75 Å². The van der Waals surface area contributed by atoms with Crippen LogP contribution in [0.1, 0.15) is 21.8 Å². The largest absolute Gasteiger partial charge is 0.496 e. The molecule has 0 atom stereocenters. The van der Waals surface area contributed by atoms with Crippen molar-refractivity contribution >= 4 is 28.4 Å². The number of carbonyl (C=O) groups is 1. The summed E-state index contributed by atoms with van der Waals surface area (Å²) in [6.07, 6.45) is 1.34. The zero-order chi connectivity index (χ0) is 20.5. The molecule has 1 aromatic carbocycles. The fraction of sp³-hybridized carbons (Fsp3) is 0.200. The van der Waals surface area contributed by atoms with E-state index >= 15 is 0 Å². The van der Waals surface area contributed by atoms with E-state index in [1.165, 1.54) is 22.2 Å². The summed E-state index contributed by atoms with van der Waals surface area (Å²) in [4.78, 5) is 33.6. The minimum absolute atomic E-state index is 0.0306. The maximum atomic E-state index is 12.7. The Morgan fingerprint density at radius 3 is 2.90 bits per heavy atom. The van der Waals surface area contributed by atoms with Crippen molar-refractivity contribution < 1.29 is 18.7 Å². The average molecular weight is 411 g/mol. The van der Waals surface area contributed by atoms with E-state index in [0.29, 0.717) is 11.4 Å². The molecule has 8 nitrogen and oxygen atoms in total. The van der Waals surface area contributed by atoms with Crippen LogP contribution in [0.25, 0.3) is 21.7 Å². The highest BCUT2D eigenvalue weighted by Gasteiger charge is 2.24. The van der Waals surface area contributed by atoms with Crippen molar-refractivity contribution in [3.05, 3.63) is 63.3 Å². The number of aromatic nitrogens is 3. The van der Waals surface area contributed by atoms with E-state index in [2.05, 4.69) is 9.97 Å². The molecule has 4 rings (SSSR count). The van der Waals surface area contributed by atoms with E-state index in [1.807, 2.05) is 29.6 Å². The lowest BCUT2D eigenvalue weighted by Crippen LogP contribution is -2.19. The van der Waals surface area contributed by atoms with Gasteiger partial charge in [-0.2, -0.15) is 0 Å². The normalized spacial score (nSPS) is 11.0. The second-order valence-corrected chi connectivity index (χ2v) is 7.15. The average Bonchev–Trinajstić information content (AvgIpc) is 3.33. The van der Waals surface area contributed by atoms with E-state index in [4.69, 9.17) is 13.9 Å². The molecule has 0 fully saturated rings. The van der Waals surface area contributed by atoms with Crippen LogP contribution in [-0.4, -0.2) is 27.6 Å². The van der Waals surface area contributed by atoms with E-state index in [-0.39, 0.29) is 34.6 Å². The zero-order valence-electron chi connectivity index (χ0n) is 16.0. The molecule has 0 radical (unpaired) electrons. The SMILES string of the molecule is COc1ccccc1-c1nc(COC(=O)c2c(C)oc3ncn(C)c(=O)c23)cs1. The predicted octanol–water partition coefficient (Wildman–Crippen LogP) is 3.32. The molecular formula is C20H17N3O5S. The van der Waals surface area contributed by atoms with Gasteiger partial charge in [0, 0.05) is 12.4 Å². The van der Waals surface area contributed by atoms with E-state index in [9.17, 15) is 9.59 Å². The highest BCUT2D eigenvalue weighted by Crippen LogP contribution is 2.32. The summed E-state index contributed by atoms with van der Waals surface area (Å²) in [5, 5.41) is 2.69. The van der Waals surface area contributed by atoms with Gasteiger partial charge in [-0.15, -0.1) is 11.3 Å². The maximum Gasteiger partial charge on any atom is 0.343 e. The second kappa shape index (κ2) is 7.51. The molecule has 3 aromatic heterocycles. The van der Waals surface area contributed by atoms with Crippen molar-refractivity contribution in [1.29, 1.82) is 0 Å². The van der Waals surface area contributed by atoms with Crippen LogP contribution in [0.4, 0.5) is 0 Å². The number of aryl methyl sites for hydroxylation is 2. The van der Waals surface area contributed by atoms with Crippen LogP contribution in [0, 0.1) is 6.92 Å². The first-order chi connectivity index (χ1) is 14.0. The van der Waals surface area contributed by atoms with Gasteiger partial charge in [-0.25, -0.2) is 14.8 Å². The maximum absolute atomic E-state index is 12.7. The van der Waals surface area contributed by atoms with Gasteiger partial charge in [0.25, 0.3) is 5.56 Å². The molecule has 0 N–H and O–H groups in total. The summed E-state index contributed by atoms with van der Waals surface area (Å²) < 4.78 is 17.5. The van der Waals surface area contributed by atoms with Gasteiger partial charge in [0.05, 0.1) is 18.4 Å². The quantitative estimate of drug-likeness (QED) is 0.465. The molecule has 0 aliphatic carbocycles. The third kappa shape index (κ3) is 3.40. The lowest BCUT2D eigenvalue weighted by Gasteiger charge is -2.05. The molecule has 0 amide bonds. The molecule has 3 heterocycles. The predicted molar refractivity (Wildman–Crippen MR) is 107 cm³/mol. The monoisotopic (exact) mass is 411 g/mol. The molecule has 0 spiro atoms. The van der Waals surface area contributed by atoms with Gasteiger partial charge in [-0.05, 0) is 19.1 Å². The van der Waals surface area contributed by atoms with E-state index in [1.54, 1.807) is 21.1 Å². The second-order valence-electron chi connectivity index (χ2n) is 6.29. The summed E-state index contributed by atoms with van der Waals surface area (Å²) in [6.45, 7) is 1.57. The van der Waals surface area contributed by atoms with Crippen molar-refractivity contribution in [2.45, 2.75) is 13.5 Å². The molecule has 9 heteroatoms. The summed E-state index contributed by atoms with van der Waals surface area (Å²) in [5.41, 5.74) is 1.30. The lowest BCUT2D eigenvalue weighted by atomic mass is 10.2. The van der Waals surface area contributed by atoms with Gasteiger partial charge < -0.3 is 18.5 Å². The van der Waals surface area contributed by atoms with Gasteiger partial charge in [0.15, 0.2) is 0 Å². The summed E-state index contributed by atoms with van der Waals surface area (Å²) in [5.74, 6) is 0.348. The van der Waals surface area contributed by atoms with Crippen molar-refractivity contribution in [2.24, 2.45) is 7.05 Å². The number of furan rings is 1. The van der Waals surface area contributed by atoms with Crippen LogP contribution in [0.15, 0.2) is 45.2 Å². The van der Waals surface area contributed by atoms with Gasteiger partial charge in [-0.1, -0.05) is 12.1 Å². The number of nitrogens with zero attached hydrogens (tertiary/aromatic N) is 3. The Morgan fingerprint density at radius 1 is 1.31 bits per heavy atom. The van der Waals surface area contributed by atoms with E-state index in [0.717, 1.165) is 10.6 Å². The molecule has 0 aliphatic heterocycles. The number of methoxy groups -OCH3 is 1. The molecule has 0 saturated carbocycles. The fourth-order valence-electron chi connectivity index (χ4n) is 2.96. The topological polar surface area (TPSA) is 96.4 Å². The third-order valence-corrected chi connectivity index (χ3v) is 5.32. The number of fused-ring (bicyclic) bond motifs is 1. The number of thiazole rings is 1. The van der Waals surface area contributed by atoms with Gasteiger partial charge in [-0.3, -0.25) is 4.79 Å². The number of ether oxygens (including phenoxy) is 2. The Hall–Kier alpha value is -3.46. The minimum atomic E-state index is -0.654. The number of para-hydroxylation sites is 1. The van der Waals surface area contributed by atoms with Crippen LogP contribution in [-0.2, 0) is 18.4 Å². The fourth-order valence-corrected chi connectivity index (χ4v) is 3.80. The molecule has 0 saturated heterocycles. The molecule has 4 aromatic rings. The van der Waals surface area contributed by atoms with Crippen LogP contribution >= 0.6 is 11.3 Å². The first-order valence-corrected chi connectivity index (χ1v) is 9.57. The number of hydrogen-bond acceptors (Lipinski definition) is 8. The Bertz CT molecular complexity index is 1270. The highest BCUT2D eigenvalue weighted by molar-refractivity contribution is 7.13. The van der Waals surface area contributed by atoms with E-state index < -0.39 is 5.97 Å². The third-order valence-electron chi connectivity index (χ3n) is 4.39. The Kier molecular flexibility index (Phi) is 4.89. The number of hydrogen-bond donors (Lipinski definition) is 0. The summed E-state index contributed by atoms with van der Waals surface area (Å²) >= 11 is 1.43. The number of carbonyl (C=O) groups excluding carboxylic acids is 1. The standard InChI is InChI=1S/C20H17N3O5S/c1-11-15(16-17(28-11)21-10-23(2)19(16)24)20(25)27-8-12-9-29-18(22-12)13-6-4-5-7-14(13)26-3/h4-7,9-10H,8H2,1-3H3. The Labute approximate surface area is 169 Å². The molecule has 0 aliphatic rings. The first kappa shape index (κ1) is 18.9. The van der Waals surface area contributed by atoms with Crippen molar-refractivity contribution in [1.82, 2.24) is 14.5 Å². The number of rotatable bonds is 5. The van der Waals surface area contributed by atoms with Gasteiger partial charge >= 0.3 is 5.97 Å². The zero-order valence-corrected chi connectivity index (χ0v) is 16.8. The Balaban J connectivity index is 1.57. The van der Waals surface area contributed by atoms with Crippen LogP contribution in [0.2, 0.25) is 0 Å². The number of benzene rings is 1. The van der Waals surface area contributed by atoms with Gasteiger partial charge in [0.2, 0.25) is 5.71 Å². The van der Waals surface area contributed by atoms with Crippen molar-refractivity contribution in [2.75, 3.05) is 7.11 Å². The Morgan fingerprint density at radius 2 is 2.10 bits per heavy atom. The van der Waals surface area contributed by atoms with Crippen molar-refractivity contribution in [3.63, 3.8) is 0 Å². The molecule has 29 heavy (non-hydrogen) atoms. The molecular weight excluding hydrogens is 394 g/mol. The first-order valence-electron chi connectivity index (χ1n) is 8.69. The summed E-state index contributed by atoms with van der Waals surface area (Å²) in [6, 6.07) is 7.56. The molecule has 0 unspecified atom stereocenters. The smallest absolute Gasteiger partial charge is 0.343 e. The lowest BCUT2D eigenvalue weighted by molar-refractivity contribution is 0.0468. The van der Waals surface area contributed by atoms with Crippen LogP contribution < -0.4 is 10.3 Å². The molecule has 148 valence electrons. The van der Waals surface area contributed by atoms with Crippen LogP contribution in [0.3, 0.4) is 0 Å². The highest BCUT2D eigenvalue weighted by atomic mass is 32.1.